The number of carbonyl (C=O) groups excluding carboxylic acids is 2. The Hall–Kier alpha value is -2.18. The van der Waals surface area contributed by atoms with Gasteiger partial charge in [-0.05, 0) is 38.0 Å². The summed E-state index contributed by atoms with van der Waals surface area (Å²) in [5, 5.41) is 3.43. The number of amides is 2. The molecule has 1 aromatic heterocycles. The number of carbonyl (C=O) groups is 2. The number of benzene rings is 1. The van der Waals surface area contributed by atoms with Crippen LogP contribution in [-0.4, -0.2) is 29.3 Å². The maximum atomic E-state index is 12.4. The maximum absolute atomic E-state index is 12.4. The average molecular weight is 343 g/mol. The number of rotatable bonds is 4. The van der Waals surface area contributed by atoms with Gasteiger partial charge in [0.1, 0.15) is 5.00 Å². The minimum atomic E-state index is -0.478. The molecular formula is C18H21N3O2S. The summed E-state index contributed by atoms with van der Waals surface area (Å²) in [6, 6.07) is 9.41. The maximum Gasteiger partial charge on any atom is 0.256 e. The lowest BCUT2D eigenvalue weighted by atomic mass is 10.0. The first-order valence-corrected chi connectivity index (χ1v) is 8.83. The standard InChI is InChI=1S/C18H21N3O2S/c1-11(2)21-9-8-13-14(10-21)24-18(15(13)16(19)22)20-17(23)12-6-4-3-5-7-12/h3-7,11H,8-10H2,1-2H3,(H2,19,22)(H,20,23). The van der Waals surface area contributed by atoms with Crippen LogP contribution in [0.15, 0.2) is 30.3 Å². The molecule has 0 saturated carbocycles. The van der Waals surface area contributed by atoms with E-state index in [9.17, 15) is 9.59 Å². The molecule has 2 amide bonds. The third-order valence-corrected chi connectivity index (χ3v) is 5.46. The predicted octanol–water partition coefficient (Wildman–Crippen LogP) is 2.87. The molecule has 1 aliphatic heterocycles. The van der Waals surface area contributed by atoms with E-state index < -0.39 is 5.91 Å². The second-order valence-corrected chi connectivity index (χ2v) is 7.31. The highest BCUT2D eigenvalue weighted by molar-refractivity contribution is 7.17. The highest BCUT2D eigenvalue weighted by Gasteiger charge is 2.28. The van der Waals surface area contributed by atoms with Gasteiger partial charge < -0.3 is 11.1 Å². The van der Waals surface area contributed by atoms with Gasteiger partial charge in [-0.25, -0.2) is 0 Å². The summed E-state index contributed by atoms with van der Waals surface area (Å²) in [5.41, 5.74) is 7.62. The molecule has 6 heteroatoms. The first-order chi connectivity index (χ1) is 11.5. The van der Waals surface area contributed by atoms with Crippen molar-refractivity contribution in [3.05, 3.63) is 51.9 Å². The van der Waals surface area contributed by atoms with E-state index in [1.165, 1.54) is 11.3 Å². The van der Waals surface area contributed by atoms with Gasteiger partial charge in [-0.1, -0.05) is 18.2 Å². The van der Waals surface area contributed by atoms with Crippen LogP contribution in [0.5, 0.6) is 0 Å². The first-order valence-electron chi connectivity index (χ1n) is 8.02. The lowest BCUT2D eigenvalue weighted by Crippen LogP contribution is -2.35. The molecule has 2 heterocycles. The van der Waals surface area contributed by atoms with Crippen molar-refractivity contribution in [3.63, 3.8) is 0 Å². The normalized spacial score (nSPS) is 14.5. The Morgan fingerprint density at radius 3 is 2.58 bits per heavy atom. The minimum absolute atomic E-state index is 0.225. The Bertz CT molecular complexity index is 768. The van der Waals surface area contributed by atoms with Gasteiger partial charge in [0.05, 0.1) is 5.56 Å². The Kier molecular flexibility index (Phi) is 4.69. The third kappa shape index (κ3) is 3.20. The lowest BCUT2D eigenvalue weighted by Gasteiger charge is -2.30. The van der Waals surface area contributed by atoms with Crippen molar-refractivity contribution in [2.24, 2.45) is 5.73 Å². The molecule has 0 aliphatic carbocycles. The van der Waals surface area contributed by atoms with E-state index >= 15 is 0 Å². The smallest absolute Gasteiger partial charge is 0.256 e. The van der Waals surface area contributed by atoms with E-state index in [4.69, 9.17) is 5.73 Å². The summed E-state index contributed by atoms with van der Waals surface area (Å²) in [5.74, 6) is -0.703. The Morgan fingerprint density at radius 1 is 1.25 bits per heavy atom. The number of nitrogens with two attached hydrogens (primary N) is 1. The first kappa shape index (κ1) is 16.7. The molecule has 0 radical (unpaired) electrons. The second-order valence-electron chi connectivity index (χ2n) is 6.21. The zero-order valence-corrected chi connectivity index (χ0v) is 14.7. The molecule has 0 spiro atoms. The summed E-state index contributed by atoms with van der Waals surface area (Å²) in [6.45, 7) is 6.00. The van der Waals surface area contributed by atoms with Crippen molar-refractivity contribution < 1.29 is 9.59 Å². The van der Waals surface area contributed by atoms with E-state index in [-0.39, 0.29) is 5.91 Å². The molecule has 0 fully saturated rings. The molecule has 1 aliphatic rings. The van der Waals surface area contributed by atoms with Gasteiger partial charge in [0.25, 0.3) is 11.8 Å². The van der Waals surface area contributed by atoms with Gasteiger partial charge in [-0.15, -0.1) is 11.3 Å². The molecule has 1 aromatic carbocycles. The van der Waals surface area contributed by atoms with Crippen molar-refractivity contribution in [3.8, 4) is 0 Å². The van der Waals surface area contributed by atoms with E-state index in [1.54, 1.807) is 12.1 Å². The second kappa shape index (κ2) is 6.75. The number of hydrogen-bond acceptors (Lipinski definition) is 4. The van der Waals surface area contributed by atoms with Crippen LogP contribution in [0, 0.1) is 0 Å². The Labute approximate surface area is 145 Å². The minimum Gasteiger partial charge on any atom is -0.365 e. The molecule has 0 bridgehead atoms. The van der Waals surface area contributed by atoms with Crippen molar-refractivity contribution in [2.75, 3.05) is 11.9 Å². The Balaban J connectivity index is 1.91. The van der Waals surface area contributed by atoms with Crippen molar-refractivity contribution in [2.45, 2.75) is 32.9 Å². The van der Waals surface area contributed by atoms with E-state index in [1.807, 2.05) is 18.2 Å². The van der Waals surface area contributed by atoms with Gasteiger partial charge in [-0.3, -0.25) is 14.5 Å². The number of fused-ring (bicyclic) bond motifs is 1. The number of hydrogen-bond donors (Lipinski definition) is 2. The van der Waals surface area contributed by atoms with Gasteiger partial charge in [0, 0.05) is 29.6 Å². The molecule has 3 rings (SSSR count). The number of thiophene rings is 1. The quantitative estimate of drug-likeness (QED) is 0.896. The zero-order valence-electron chi connectivity index (χ0n) is 13.8. The van der Waals surface area contributed by atoms with Crippen molar-refractivity contribution in [1.29, 1.82) is 0 Å². The van der Waals surface area contributed by atoms with Crippen LogP contribution in [0.3, 0.4) is 0 Å². The topological polar surface area (TPSA) is 75.4 Å². The van der Waals surface area contributed by atoms with Gasteiger partial charge in [-0.2, -0.15) is 0 Å². The monoisotopic (exact) mass is 343 g/mol. The molecule has 126 valence electrons. The average Bonchev–Trinajstić information content (AvgIpc) is 2.92. The molecule has 2 aromatic rings. The third-order valence-electron chi connectivity index (χ3n) is 4.33. The van der Waals surface area contributed by atoms with Crippen LogP contribution >= 0.6 is 11.3 Å². The van der Waals surface area contributed by atoms with Crippen LogP contribution in [0.4, 0.5) is 5.00 Å². The molecule has 5 nitrogen and oxygen atoms in total. The fourth-order valence-corrected chi connectivity index (χ4v) is 4.25. The molecule has 0 unspecified atom stereocenters. The van der Waals surface area contributed by atoms with E-state index in [2.05, 4.69) is 24.1 Å². The number of nitrogens with zero attached hydrogens (tertiary/aromatic N) is 1. The SMILES string of the molecule is CC(C)N1CCc2c(sc(NC(=O)c3ccccc3)c2C(N)=O)C1. The van der Waals surface area contributed by atoms with Gasteiger partial charge >= 0.3 is 0 Å². The zero-order chi connectivity index (χ0) is 17.3. The van der Waals surface area contributed by atoms with Crippen LogP contribution in [-0.2, 0) is 13.0 Å². The van der Waals surface area contributed by atoms with Crippen LogP contribution in [0.1, 0.15) is 45.0 Å². The molecule has 0 atom stereocenters. The number of nitrogens with one attached hydrogen (secondary N) is 1. The predicted molar refractivity (Wildman–Crippen MR) is 96.5 cm³/mol. The largest absolute Gasteiger partial charge is 0.365 e. The number of anilines is 1. The van der Waals surface area contributed by atoms with Crippen LogP contribution < -0.4 is 11.1 Å². The fourth-order valence-electron chi connectivity index (χ4n) is 2.98. The molecule has 3 N–H and O–H groups in total. The molecular weight excluding hydrogens is 322 g/mol. The van der Waals surface area contributed by atoms with Crippen LogP contribution in [0.2, 0.25) is 0 Å². The highest BCUT2D eigenvalue weighted by atomic mass is 32.1. The Morgan fingerprint density at radius 2 is 1.96 bits per heavy atom. The fraction of sp³-hybridized carbons (Fsp3) is 0.333. The summed E-state index contributed by atoms with van der Waals surface area (Å²) in [7, 11) is 0. The summed E-state index contributed by atoms with van der Waals surface area (Å²) in [6.07, 6.45) is 0.781. The highest BCUT2D eigenvalue weighted by Crippen LogP contribution is 2.37. The van der Waals surface area contributed by atoms with Crippen molar-refractivity contribution in [1.82, 2.24) is 4.90 Å². The van der Waals surface area contributed by atoms with Crippen molar-refractivity contribution >= 4 is 28.2 Å². The summed E-state index contributed by atoms with van der Waals surface area (Å²) >= 11 is 1.46. The van der Waals surface area contributed by atoms with E-state index in [0.29, 0.717) is 22.2 Å². The van der Waals surface area contributed by atoms with Gasteiger partial charge in [0.2, 0.25) is 0 Å². The molecule has 24 heavy (non-hydrogen) atoms. The molecule has 0 saturated heterocycles. The summed E-state index contributed by atoms with van der Waals surface area (Å²) in [4.78, 5) is 27.8. The lowest BCUT2D eigenvalue weighted by molar-refractivity contribution is 0.0999. The van der Waals surface area contributed by atoms with E-state index in [0.717, 1.165) is 30.0 Å². The van der Waals surface area contributed by atoms with Crippen LogP contribution in [0.25, 0.3) is 0 Å². The van der Waals surface area contributed by atoms with Gasteiger partial charge in [0.15, 0.2) is 0 Å². The summed E-state index contributed by atoms with van der Waals surface area (Å²) < 4.78 is 0. The number of primary amides is 1.